The lowest BCUT2D eigenvalue weighted by molar-refractivity contribution is 0.0578. The highest BCUT2D eigenvalue weighted by Gasteiger charge is 2.37. The minimum absolute atomic E-state index is 0.143. The van der Waals surface area contributed by atoms with Gasteiger partial charge in [-0.2, -0.15) is 5.10 Å². The summed E-state index contributed by atoms with van der Waals surface area (Å²) in [5, 5.41) is 18.2. The number of anilines is 1. The molecule has 0 spiro atoms. The molecular weight excluding hydrogens is 214 g/mol. The maximum atomic E-state index is 10.3. The third kappa shape index (κ3) is 2.46. The molecular formula is C13H23N3O. The number of hydrogen-bond donors (Lipinski definition) is 2. The number of aryl methyl sites for hydroxylation is 1. The van der Waals surface area contributed by atoms with Gasteiger partial charge in [0, 0.05) is 13.2 Å². The van der Waals surface area contributed by atoms with Gasteiger partial charge in [0.15, 0.2) is 0 Å². The summed E-state index contributed by atoms with van der Waals surface area (Å²) < 4.78 is 1.83. The molecule has 1 fully saturated rings. The van der Waals surface area contributed by atoms with E-state index in [1.165, 1.54) is 0 Å². The molecule has 1 aliphatic rings. The summed E-state index contributed by atoms with van der Waals surface area (Å²) in [6.45, 7) is 6.20. The third-order valence-corrected chi connectivity index (χ3v) is 3.66. The maximum Gasteiger partial charge on any atom is 0.0881 e. The fourth-order valence-electron chi connectivity index (χ4n) is 2.61. The number of nitrogens with one attached hydrogen (secondary N) is 1. The van der Waals surface area contributed by atoms with Gasteiger partial charge in [-0.15, -0.1) is 0 Å². The zero-order chi connectivity index (χ0) is 12.6. The third-order valence-electron chi connectivity index (χ3n) is 3.66. The van der Waals surface area contributed by atoms with Gasteiger partial charge in [-0.3, -0.25) is 4.68 Å². The molecule has 2 rings (SSSR count). The van der Waals surface area contributed by atoms with Crippen molar-refractivity contribution in [2.45, 2.75) is 57.6 Å². The molecule has 1 heterocycles. The van der Waals surface area contributed by atoms with Crippen LogP contribution in [0.5, 0.6) is 0 Å². The Morgan fingerprint density at radius 3 is 2.82 bits per heavy atom. The molecule has 0 saturated heterocycles. The van der Waals surface area contributed by atoms with Crippen LogP contribution >= 0.6 is 0 Å². The van der Waals surface area contributed by atoms with Gasteiger partial charge in [0.25, 0.3) is 0 Å². The first-order valence-electron chi connectivity index (χ1n) is 6.42. The lowest BCUT2D eigenvalue weighted by Crippen LogP contribution is -2.39. The van der Waals surface area contributed by atoms with Crippen LogP contribution in [-0.2, 0) is 7.05 Å². The summed E-state index contributed by atoms with van der Waals surface area (Å²) in [7, 11) is 1.93. The predicted molar refractivity (Wildman–Crippen MR) is 69.2 cm³/mol. The van der Waals surface area contributed by atoms with Crippen LogP contribution in [0.1, 0.15) is 51.6 Å². The van der Waals surface area contributed by atoms with Gasteiger partial charge in [-0.25, -0.2) is 0 Å². The summed E-state index contributed by atoms with van der Waals surface area (Å²) in [6, 6.07) is 0.143. The molecule has 1 aromatic heterocycles. The van der Waals surface area contributed by atoms with Gasteiger partial charge in [0.05, 0.1) is 23.0 Å². The second-order valence-electron chi connectivity index (χ2n) is 5.70. The van der Waals surface area contributed by atoms with Crippen LogP contribution in [0.3, 0.4) is 0 Å². The van der Waals surface area contributed by atoms with E-state index in [1.807, 2.05) is 24.9 Å². The van der Waals surface area contributed by atoms with Gasteiger partial charge in [0.2, 0.25) is 0 Å². The second kappa shape index (κ2) is 4.33. The molecule has 1 aromatic rings. The fourth-order valence-corrected chi connectivity index (χ4v) is 2.61. The molecule has 0 aliphatic heterocycles. The van der Waals surface area contributed by atoms with Crippen LogP contribution in [0.4, 0.5) is 5.69 Å². The molecule has 4 nitrogen and oxygen atoms in total. The standard InChI is InChI=1S/C13H23N3O/c1-9(2)12-10(8-16(4)15-12)14-11-6-5-7-13(11,3)17/h8-9,11,14,17H,5-7H2,1-4H3. The Morgan fingerprint density at radius 2 is 2.29 bits per heavy atom. The van der Waals surface area contributed by atoms with E-state index in [9.17, 15) is 5.11 Å². The van der Waals surface area contributed by atoms with Crippen molar-refractivity contribution in [1.29, 1.82) is 0 Å². The van der Waals surface area contributed by atoms with Crippen LogP contribution in [0.25, 0.3) is 0 Å². The van der Waals surface area contributed by atoms with Crippen molar-refractivity contribution in [2.75, 3.05) is 5.32 Å². The molecule has 0 radical (unpaired) electrons. The summed E-state index contributed by atoms with van der Waals surface area (Å²) in [5.74, 6) is 0.394. The van der Waals surface area contributed by atoms with Crippen molar-refractivity contribution in [2.24, 2.45) is 7.05 Å². The molecule has 1 aliphatic carbocycles. The van der Waals surface area contributed by atoms with Crippen molar-refractivity contribution in [3.05, 3.63) is 11.9 Å². The zero-order valence-electron chi connectivity index (χ0n) is 11.2. The minimum Gasteiger partial charge on any atom is -0.388 e. The molecule has 96 valence electrons. The van der Waals surface area contributed by atoms with Crippen LogP contribution < -0.4 is 5.32 Å². The van der Waals surface area contributed by atoms with E-state index in [0.29, 0.717) is 5.92 Å². The van der Waals surface area contributed by atoms with E-state index in [1.54, 1.807) is 0 Å². The smallest absolute Gasteiger partial charge is 0.0881 e. The molecule has 0 aromatic carbocycles. The van der Waals surface area contributed by atoms with Gasteiger partial charge in [-0.05, 0) is 32.1 Å². The van der Waals surface area contributed by atoms with Crippen molar-refractivity contribution in [1.82, 2.24) is 9.78 Å². The van der Waals surface area contributed by atoms with Crippen molar-refractivity contribution in [3.63, 3.8) is 0 Å². The van der Waals surface area contributed by atoms with E-state index >= 15 is 0 Å². The fraction of sp³-hybridized carbons (Fsp3) is 0.769. The summed E-state index contributed by atoms with van der Waals surface area (Å²) >= 11 is 0. The minimum atomic E-state index is -0.593. The first kappa shape index (κ1) is 12.4. The Kier molecular flexibility index (Phi) is 3.17. The van der Waals surface area contributed by atoms with Gasteiger partial charge >= 0.3 is 0 Å². The number of nitrogens with zero attached hydrogens (tertiary/aromatic N) is 2. The Bertz CT molecular complexity index is 395. The molecule has 0 amide bonds. The van der Waals surface area contributed by atoms with E-state index in [-0.39, 0.29) is 6.04 Å². The number of hydrogen-bond acceptors (Lipinski definition) is 3. The first-order valence-corrected chi connectivity index (χ1v) is 6.42. The quantitative estimate of drug-likeness (QED) is 0.848. The number of aliphatic hydroxyl groups is 1. The zero-order valence-corrected chi connectivity index (χ0v) is 11.2. The van der Waals surface area contributed by atoms with E-state index in [2.05, 4.69) is 24.3 Å². The maximum absolute atomic E-state index is 10.3. The topological polar surface area (TPSA) is 50.1 Å². The van der Waals surface area contributed by atoms with Crippen molar-refractivity contribution >= 4 is 5.69 Å². The summed E-state index contributed by atoms with van der Waals surface area (Å²) in [5.41, 5.74) is 1.55. The molecule has 17 heavy (non-hydrogen) atoms. The van der Waals surface area contributed by atoms with Crippen LogP contribution in [0.2, 0.25) is 0 Å². The molecule has 4 heteroatoms. The average molecular weight is 237 g/mol. The SMILES string of the molecule is CC(C)c1nn(C)cc1NC1CCCC1(C)O. The molecule has 2 atom stereocenters. The Balaban J connectivity index is 2.18. The summed E-state index contributed by atoms with van der Waals surface area (Å²) in [4.78, 5) is 0. The lowest BCUT2D eigenvalue weighted by atomic mass is 10.00. The van der Waals surface area contributed by atoms with E-state index < -0.39 is 5.60 Å². The molecule has 1 saturated carbocycles. The highest BCUT2D eigenvalue weighted by atomic mass is 16.3. The van der Waals surface area contributed by atoms with Gasteiger partial charge in [0.1, 0.15) is 0 Å². The average Bonchev–Trinajstić information content (AvgIpc) is 2.72. The van der Waals surface area contributed by atoms with Crippen molar-refractivity contribution < 1.29 is 5.11 Å². The highest BCUT2D eigenvalue weighted by Crippen LogP contribution is 2.33. The van der Waals surface area contributed by atoms with Crippen molar-refractivity contribution in [3.8, 4) is 0 Å². The molecule has 2 N–H and O–H groups in total. The van der Waals surface area contributed by atoms with E-state index in [0.717, 1.165) is 30.6 Å². The predicted octanol–water partition coefficient (Wildman–Crippen LogP) is 2.26. The van der Waals surface area contributed by atoms with E-state index in [4.69, 9.17) is 0 Å². The van der Waals surface area contributed by atoms with Crippen LogP contribution in [0, 0.1) is 0 Å². The normalized spacial score (nSPS) is 28.9. The largest absolute Gasteiger partial charge is 0.388 e. The Hall–Kier alpha value is -1.03. The van der Waals surface area contributed by atoms with Crippen LogP contribution in [-0.4, -0.2) is 26.5 Å². The highest BCUT2D eigenvalue weighted by molar-refractivity contribution is 5.49. The Morgan fingerprint density at radius 1 is 1.59 bits per heavy atom. The Labute approximate surface area is 103 Å². The summed E-state index contributed by atoms with van der Waals surface area (Å²) in [6.07, 6.45) is 4.99. The lowest BCUT2D eigenvalue weighted by Gasteiger charge is -2.27. The van der Waals surface area contributed by atoms with Gasteiger partial charge < -0.3 is 10.4 Å². The molecule has 0 bridgehead atoms. The first-order chi connectivity index (χ1) is 7.90. The van der Waals surface area contributed by atoms with Crippen LogP contribution in [0.15, 0.2) is 6.20 Å². The monoisotopic (exact) mass is 237 g/mol. The number of aromatic nitrogens is 2. The second-order valence-corrected chi connectivity index (χ2v) is 5.70. The molecule has 2 unspecified atom stereocenters. The van der Waals surface area contributed by atoms with Gasteiger partial charge in [-0.1, -0.05) is 13.8 Å². The number of rotatable bonds is 3.